The van der Waals surface area contributed by atoms with Gasteiger partial charge in [0.25, 0.3) is 0 Å². The fourth-order valence-corrected chi connectivity index (χ4v) is 3.94. The molecule has 1 fully saturated rings. The Bertz CT molecular complexity index is 604. The second-order valence-corrected chi connectivity index (χ2v) is 7.85. The molecule has 5 nitrogen and oxygen atoms in total. The van der Waals surface area contributed by atoms with Gasteiger partial charge in [0.15, 0.2) is 6.29 Å². The molecule has 0 aromatic heterocycles. The summed E-state index contributed by atoms with van der Waals surface area (Å²) in [6, 6.07) is 8.38. The van der Waals surface area contributed by atoms with Crippen molar-refractivity contribution in [2.45, 2.75) is 57.3 Å². The van der Waals surface area contributed by atoms with Gasteiger partial charge >= 0.3 is 6.09 Å². The van der Waals surface area contributed by atoms with Gasteiger partial charge in [-0.3, -0.25) is 0 Å². The number of fused-ring (bicyclic) bond motifs is 1. The van der Waals surface area contributed by atoms with E-state index in [0.717, 1.165) is 12.8 Å². The molecule has 0 saturated carbocycles. The molecule has 0 bridgehead atoms. The van der Waals surface area contributed by atoms with Crippen molar-refractivity contribution >= 4 is 6.09 Å². The van der Waals surface area contributed by atoms with Gasteiger partial charge in [-0.15, -0.1) is 0 Å². The quantitative estimate of drug-likeness (QED) is 0.917. The van der Waals surface area contributed by atoms with Crippen molar-refractivity contribution in [3.05, 3.63) is 35.4 Å². The fraction of sp³-hybridized carbons (Fsp3) is 0.632. The lowest BCUT2D eigenvalue weighted by Crippen LogP contribution is -2.52. The van der Waals surface area contributed by atoms with Gasteiger partial charge in [-0.05, 0) is 44.7 Å². The number of hydrogen-bond acceptors (Lipinski definition) is 3. The fourth-order valence-electron chi connectivity index (χ4n) is 3.94. The van der Waals surface area contributed by atoms with E-state index < -0.39 is 11.6 Å². The van der Waals surface area contributed by atoms with Crippen LogP contribution >= 0.6 is 0 Å². The monoisotopic (exact) mass is 333 g/mol. The number of rotatable bonds is 4. The van der Waals surface area contributed by atoms with Crippen LogP contribution in [0.1, 0.15) is 44.7 Å². The second kappa shape index (κ2) is 6.37. The number of carbonyl (C=O) groups is 1. The molecule has 5 heteroatoms. The summed E-state index contributed by atoms with van der Waals surface area (Å²) in [7, 11) is 0. The Labute approximate surface area is 143 Å². The minimum Gasteiger partial charge on any atom is -0.465 e. The van der Waals surface area contributed by atoms with E-state index >= 15 is 0 Å². The Hall–Kier alpha value is -1.59. The summed E-state index contributed by atoms with van der Waals surface area (Å²) >= 11 is 0. The molecule has 1 atom stereocenters. The first kappa shape index (κ1) is 17.2. The number of amides is 1. The minimum absolute atomic E-state index is 0.244. The zero-order valence-corrected chi connectivity index (χ0v) is 14.7. The predicted molar refractivity (Wildman–Crippen MR) is 91.2 cm³/mol. The number of hydrogen-bond donors (Lipinski definition) is 1. The number of ether oxygens (including phenoxy) is 2. The summed E-state index contributed by atoms with van der Waals surface area (Å²) in [5, 5.41) is 9.76. The number of nitrogens with zero attached hydrogens (tertiary/aromatic N) is 1. The third kappa shape index (κ3) is 3.28. The topological polar surface area (TPSA) is 59.0 Å². The lowest BCUT2D eigenvalue weighted by Gasteiger charge is -2.42. The number of aryl methyl sites for hydroxylation is 1. The molecule has 1 aromatic rings. The Morgan fingerprint density at radius 3 is 2.58 bits per heavy atom. The minimum atomic E-state index is -0.875. The van der Waals surface area contributed by atoms with Crippen molar-refractivity contribution in [1.82, 2.24) is 4.90 Å². The Balaban J connectivity index is 1.95. The Morgan fingerprint density at radius 1 is 1.29 bits per heavy atom. The Kier molecular flexibility index (Phi) is 4.58. The van der Waals surface area contributed by atoms with Crippen LogP contribution < -0.4 is 0 Å². The van der Waals surface area contributed by atoms with Crippen LogP contribution in [0, 0.1) is 0 Å². The van der Waals surface area contributed by atoms with Gasteiger partial charge in [-0.2, -0.15) is 0 Å². The molecule has 1 heterocycles. The summed E-state index contributed by atoms with van der Waals surface area (Å²) in [4.78, 5) is 13.4. The highest BCUT2D eigenvalue weighted by atomic mass is 16.7. The third-order valence-electron chi connectivity index (χ3n) is 5.21. The first-order valence-corrected chi connectivity index (χ1v) is 8.64. The van der Waals surface area contributed by atoms with E-state index in [4.69, 9.17) is 9.47 Å². The average molecular weight is 333 g/mol. The molecule has 0 spiro atoms. The van der Waals surface area contributed by atoms with Gasteiger partial charge in [0.1, 0.15) is 0 Å². The van der Waals surface area contributed by atoms with E-state index in [0.29, 0.717) is 26.2 Å². The number of carboxylic acid groups (broad SMARTS) is 1. The maximum atomic E-state index is 11.9. The Morgan fingerprint density at radius 2 is 1.96 bits per heavy atom. The van der Waals surface area contributed by atoms with Gasteiger partial charge in [0.2, 0.25) is 0 Å². The molecule has 1 saturated heterocycles. The molecule has 1 amide bonds. The second-order valence-electron chi connectivity index (χ2n) is 7.85. The SMILES string of the molecule is CC(C)(C)N(CC1(CC2OCCO2)CCc2ccccc21)C(=O)O. The first-order valence-electron chi connectivity index (χ1n) is 8.64. The van der Waals surface area contributed by atoms with Gasteiger partial charge in [0.05, 0.1) is 13.2 Å². The summed E-state index contributed by atoms with van der Waals surface area (Å²) in [6.07, 6.45) is 1.48. The molecule has 3 rings (SSSR count). The van der Waals surface area contributed by atoms with E-state index in [1.165, 1.54) is 11.1 Å². The number of benzene rings is 1. The molecule has 1 aromatic carbocycles. The molecular weight excluding hydrogens is 306 g/mol. The van der Waals surface area contributed by atoms with Gasteiger partial charge < -0.3 is 19.5 Å². The van der Waals surface area contributed by atoms with Crippen LogP contribution in [0.5, 0.6) is 0 Å². The molecule has 24 heavy (non-hydrogen) atoms. The van der Waals surface area contributed by atoms with Crippen molar-refractivity contribution in [2.24, 2.45) is 0 Å². The van der Waals surface area contributed by atoms with Crippen molar-refractivity contribution < 1.29 is 19.4 Å². The van der Waals surface area contributed by atoms with E-state index in [9.17, 15) is 9.90 Å². The van der Waals surface area contributed by atoms with Crippen LogP contribution in [0.2, 0.25) is 0 Å². The van der Waals surface area contributed by atoms with Crippen molar-refractivity contribution in [3.63, 3.8) is 0 Å². The first-order chi connectivity index (χ1) is 11.3. The van der Waals surface area contributed by atoms with Crippen LogP contribution in [0.25, 0.3) is 0 Å². The van der Waals surface area contributed by atoms with E-state index in [1.54, 1.807) is 4.90 Å². The van der Waals surface area contributed by atoms with Crippen LogP contribution in [-0.2, 0) is 21.3 Å². The van der Waals surface area contributed by atoms with Crippen LogP contribution in [0.15, 0.2) is 24.3 Å². The van der Waals surface area contributed by atoms with Crippen LogP contribution in [0.3, 0.4) is 0 Å². The smallest absolute Gasteiger partial charge is 0.407 e. The summed E-state index contributed by atoms with van der Waals surface area (Å²) in [5.74, 6) is 0. The van der Waals surface area contributed by atoms with Gasteiger partial charge in [-0.1, -0.05) is 24.3 Å². The third-order valence-corrected chi connectivity index (χ3v) is 5.21. The molecular formula is C19H27NO4. The zero-order chi connectivity index (χ0) is 17.4. The highest BCUT2D eigenvalue weighted by molar-refractivity contribution is 5.66. The predicted octanol–water partition coefficient (Wildman–Crippen LogP) is 3.41. The maximum absolute atomic E-state index is 11.9. The molecule has 1 N–H and O–H groups in total. The molecule has 1 aliphatic carbocycles. The largest absolute Gasteiger partial charge is 0.465 e. The summed E-state index contributed by atoms with van der Waals surface area (Å²) in [5.41, 5.74) is 1.86. The summed E-state index contributed by atoms with van der Waals surface area (Å²) in [6.45, 7) is 7.52. The maximum Gasteiger partial charge on any atom is 0.407 e. The summed E-state index contributed by atoms with van der Waals surface area (Å²) < 4.78 is 11.4. The van der Waals surface area contributed by atoms with Gasteiger partial charge in [0, 0.05) is 23.9 Å². The molecule has 1 unspecified atom stereocenters. The van der Waals surface area contributed by atoms with E-state index in [1.807, 2.05) is 26.8 Å². The standard InChI is InChI=1S/C19H27NO4/c1-18(2,3)20(17(21)22)13-19(12-16-23-10-11-24-16)9-8-14-6-4-5-7-15(14)19/h4-7,16H,8-13H2,1-3H3,(H,21,22). The lowest BCUT2D eigenvalue weighted by molar-refractivity contribution is -0.0662. The van der Waals surface area contributed by atoms with Crippen LogP contribution in [-0.4, -0.2) is 47.7 Å². The molecule has 132 valence electrons. The molecule has 1 aliphatic heterocycles. The zero-order valence-electron chi connectivity index (χ0n) is 14.7. The lowest BCUT2D eigenvalue weighted by atomic mass is 9.77. The van der Waals surface area contributed by atoms with E-state index in [-0.39, 0.29) is 11.7 Å². The van der Waals surface area contributed by atoms with E-state index in [2.05, 4.69) is 18.2 Å². The van der Waals surface area contributed by atoms with Crippen molar-refractivity contribution in [2.75, 3.05) is 19.8 Å². The molecule has 0 radical (unpaired) electrons. The highest BCUT2D eigenvalue weighted by Crippen LogP contribution is 2.44. The molecule has 2 aliphatic rings. The van der Waals surface area contributed by atoms with Gasteiger partial charge in [-0.25, -0.2) is 4.79 Å². The van der Waals surface area contributed by atoms with Crippen molar-refractivity contribution in [1.29, 1.82) is 0 Å². The van der Waals surface area contributed by atoms with Crippen LogP contribution in [0.4, 0.5) is 4.79 Å². The highest BCUT2D eigenvalue weighted by Gasteiger charge is 2.45. The average Bonchev–Trinajstić information content (AvgIpc) is 3.13. The van der Waals surface area contributed by atoms with Crippen molar-refractivity contribution in [3.8, 4) is 0 Å². The normalized spacial score (nSPS) is 24.1.